The lowest BCUT2D eigenvalue weighted by molar-refractivity contribution is -0.385. The van der Waals surface area contributed by atoms with Crippen LogP contribution >= 0.6 is 0 Å². The van der Waals surface area contributed by atoms with Crippen molar-refractivity contribution in [3.05, 3.63) is 124 Å². The van der Waals surface area contributed by atoms with E-state index in [0.717, 1.165) is 17.5 Å². The van der Waals surface area contributed by atoms with Crippen LogP contribution < -0.4 is 0 Å². The average Bonchev–Trinajstić information content (AvgIpc) is 3.12. The predicted octanol–water partition coefficient (Wildman–Crippen LogP) is 5.65. The van der Waals surface area contributed by atoms with E-state index in [4.69, 9.17) is 0 Å². The van der Waals surface area contributed by atoms with E-state index >= 15 is 0 Å². The van der Waals surface area contributed by atoms with Crippen LogP contribution in [0, 0.1) is 22.0 Å². The van der Waals surface area contributed by atoms with Crippen molar-refractivity contribution in [2.45, 2.75) is 24.9 Å². The molecule has 3 aromatic carbocycles. The zero-order valence-electron chi connectivity index (χ0n) is 17.6. The summed E-state index contributed by atoms with van der Waals surface area (Å²) >= 11 is 0. The van der Waals surface area contributed by atoms with Crippen LogP contribution in [-0.2, 0) is 11.3 Å². The SMILES string of the molecule is O=C1[C@H]2[C@@H](C=CC[C@@H]2c2ccccc2)[C@H](c2cccc([N+](=O)[O-])c2)N1Cc1ccccc1. The Morgan fingerprint density at radius 3 is 2.31 bits per heavy atom. The Kier molecular flexibility index (Phi) is 5.31. The molecular formula is C27H24N2O3. The standard InChI is InChI=1S/C27H24N2O3/c30-27-25-23(20-11-5-2-6-12-20)15-8-16-24(25)26(21-13-7-14-22(17-21)29(31)32)28(27)18-19-9-3-1-4-10-19/h1-14,16-17,23-26H,15,18H2/t23-,24-,25-,26+/m1/s1. The maximum atomic E-state index is 13.9. The summed E-state index contributed by atoms with van der Waals surface area (Å²) in [7, 11) is 0. The van der Waals surface area contributed by atoms with E-state index in [1.54, 1.807) is 12.1 Å². The third-order valence-electron chi connectivity index (χ3n) is 6.71. The molecule has 1 aliphatic heterocycles. The van der Waals surface area contributed by atoms with Gasteiger partial charge in [-0.1, -0.05) is 84.9 Å². The van der Waals surface area contributed by atoms with Crippen LogP contribution in [0.2, 0.25) is 0 Å². The van der Waals surface area contributed by atoms with Crippen molar-refractivity contribution in [3.63, 3.8) is 0 Å². The molecule has 1 fully saturated rings. The number of carbonyl (C=O) groups excluding carboxylic acids is 1. The fourth-order valence-electron chi connectivity index (χ4n) is 5.32. The lowest BCUT2D eigenvalue weighted by Gasteiger charge is -2.31. The minimum absolute atomic E-state index is 0.0350. The van der Waals surface area contributed by atoms with E-state index < -0.39 is 0 Å². The van der Waals surface area contributed by atoms with E-state index in [1.807, 2.05) is 59.5 Å². The third-order valence-corrected chi connectivity index (χ3v) is 6.71. The Morgan fingerprint density at radius 1 is 0.906 bits per heavy atom. The zero-order chi connectivity index (χ0) is 22.1. The molecule has 0 unspecified atom stereocenters. The summed E-state index contributed by atoms with van der Waals surface area (Å²) in [6.45, 7) is 0.482. The Balaban J connectivity index is 1.59. The molecule has 0 spiro atoms. The highest BCUT2D eigenvalue weighted by Crippen LogP contribution is 2.52. The summed E-state index contributed by atoms with van der Waals surface area (Å²) in [6.07, 6.45) is 5.14. The number of hydrogen-bond acceptors (Lipinski definition) is 3. The van der Waals surface area contributed by atoms with Gasteiger partial charge in [0.25, 0.3) is 5.69 Å². The highest BCUT2D eigenvalue weighted by molar-refractivity contribution is 5.84. The molecule has 0 aromatic heterocycles. The molecule has 160 valence electrons. The molecule has 1 amide bonds. The summed E-state index contributed by atoms with van der Waals surface area (Å²) in [5.74, 6) is -0.00298. The average molecular weight is 425 g/mol. The maximum Gasteiger partial charge on any atom is 0.269 e. The number of carbonyl (C=O) groups is 1. The van der Waals surface area contributed by atoms with E-state index in [-0.39, 0.29) is 40.3 Å². The van der Waals surface area contributed by atoms with Crippen LogP contribution in [0.25, 0.3) is 0 Å². The first-order valence-corrected chi connectivity index (χ1v) is 10.9. The molecule has 1 aliphatic carbocycles. The highest BCUT2D eigenvalue weighted by Gasteiger charge is 2.51. The first-order valence-electron chi connectivity index (χ1n) is 10.9. The van der Waals surface area contributed by atoms with Gasteiger partial charge in [0.1, 0.15) is 0 Å². The molecule has 0 saturated carbocycles. The second-order valence-electron chi connectivity index (χ2n) is 8.53. The fourth-order valence-corrected chi connectivity index (χ4v) is 5.32. The topological polar surface area (TPSA) is 63.4 Å². The summed E-state index contributed by atoms with van der Waals surface area (Å²) in [6, 6.07) is 26.7. The summed E-state index contributed by atoms with van der Waals surface area (Å²) in [5, 5.41) is 11.4. The van der Waals surface area contributed by atoms with Crippen LogP contribution in [0.15, 0.2) is 97.1 Å². The molecule has 5 rings (SSSR count). The summed E-state index contributed by atoms with van der Waals surface area (Å²) in [4.78, 5) is 26.9. The van der Waals surface area contributed by atoms with Crippen LogP contribution in [0.5, 0.6) is 0 Å². The first kappa shape index (κ1) is 20.2. The number of benzene rings is 3. The number of amides is 1. The highest BCUT2D eigenvalue weighted by atomic mass is 16.6. The molecule has 0 radical (unpaired) electrons. The minimum Gasteiger partial charge on any atom is -0.330 e. The van der Waals surface area contributed by atoms with Crippen molar-refractivity contribution >= 4 is 11.6 Å². The predicted molar refractivity (Wildman–Crippen MR) is 123 cm³/mol. The normalized spacial score (nSPS) is 24.4. The minimum atomic E-state index is -0.372. The quantitative estimate of drug-likeness (QED) is 0.302. The van der Waals surface area contributed by atoms with Crippen molar-refractivity contribution in [2.24, 2.45) is 11.8 Å². The largest absolute Gasteiger partial charge is 0.330 e. The van der Waals surface area contributed by atoms with Gasteiger partial charge in [-0.15, -0.1) is 0 Å². The molecule has 0 N–H and O–H groups in total. The number of non-ortho nitro benzene ring substituents is 1. The van der Waals surface area contributed by atoms with Gasteiger partial charge >= 0.3 is 0 Å². The fraction of sp³-hybridized carbons (Fsp3) is 0.222. The van der Waals surface area contributed by atoms with E-state index in [1.165, 1.54) is 11.6 Å². The molecule has 5 heteroatoms. The van der Waals surface area contributed by atoms with Gasteiger partial charge in [-0.05, 0) is 29.0 Å². The van der Waals surface area contributed by atoms with Crippen molar-refractivity contribution in [1.82, 2.24) is 4.90 Å². The Bertz CT molecular complexity index is 1160. The lowest BCUT2D eigenvalue weighted by Crippen LogP contribution is -2.30. The van der Waals surface area contributed by atoms with Crippen molar-refractivity contribution in [3.8, 4) is 0 Å². The molecule has 1 heterocycles. The summed E-state index contributed by atoms with van der Waals surface area (Å²) < 4.78 is 0. The van der Waals surface area contributed by atoms with Gasteiger partial charge in [-0.25, -0.2) is 0 Å². The Hall–Kier alpha value is -3.73. The van der Waals surface area contributed by atoms with Crippen LogP contribution in [-0.4, -0.2) is 15.7 Å². The number of allylic oxidation sites excluding steroid dienone is 1. The van der Waals surface area contributed by atoms with E-state index in [0.29, 0.717) is 6.54 Å². The van der Waals surface area contributed by atoms with Gasteiger partial charge in [0, 0.05) is 24.6 Å². The molecule has 0 bridgehead atoms. The summed E-state index contributed by atoms with van der Waals surface area (Å²) in [5.41, 5.74) is 3.08. The zero-order valence-corrected chi connectivity index (χ0v) is 17.6. The van der Waals surface area contributed by atoms with E-state index in [9.17, 15) is 14.9 Å². The van der Waals surface area contributed by atoms with Gasteiger partial charge in [0.15, 0.2) is 0 Å². The number of fused-ring (bicyclic) bond motifs is 1. The Labute approximate surface area is 187 Å². The molecule has 2 aliphatic rings. The van der Waals surface area contributed by atoms with Crippen molar-refractivity contribution in [1.29, 1.82) is 0 Å². The molecule has 1 saturated heterocycles. The smallest absolute Gasteiger partial charge is 0.269 e. The van der Waals surface area contributed by atoms with E-state index in [2.05, 4.69) is 24.3 Å². The monoisotopic (exact) mass is 424 g/mol. The van der Waals surface area contributed by atoms with Crippen LogP contribution in [0.3, 0.4) is 0 Å². The molecule has 5 nitrogen and oxygen atoms in total. The number of rotatable bonds is 5. The molecule has 3 aromatic rings. The van der Waals surface area contributed by atoms with Gasteiger partial charge < -0.3 is 4.90 Å². The van der Waals surface area contributed by atoms with Gasteiger partial charge in [0.05, 0.1) is 16.9 Å². The van der Waals surface area contributed by atoms with Crippen molar-refractivity contribution < 1.29 is 9.72 Å². The van der Waals surface area contributed by atoms with Gasteiger partial charge in [-0.3, -0.25) is 14.9 Å². The maximum absolute atomic E-state index is 13.9. The number of likely N-dealkylation sites (tertiary alicyclic amines) is 1. The number of nitro groups is 1. The molecule has 32 heavy (non-hydrogen) atoms. The van der Waals surface area contributed by atoms with Crippen LogP contribution in [0.4, 0.5) is 5.69 Å². The molecule has 4 atom stereocenters. The Morgan fingerprint density at radius 2 is 1.59 bits per heavy atom. The first-order chi connectivity index (χ1) is 15.6. The van der Waals surface area contributed by atoms with Crippen molar-refractivity contribution in [2.75, 3.05) is 0 Å². The second-order valence-corrected chi connectivity index (χ2v) is 8.53. The number of hydrogen-bond donors (Lipinski definition) is 0. The second kappa shape index (κ2) is 8.42. The van der Waals surface area contributed by atoms with Gasteiger partial charge in [-0.2, -0.15) is 0 Å². The molecular weight excluding hydrogens is 400 g/mol. The lowest BCUT2D eigenvalue weighted by atomic mass is 9.71. The number of nitrogens with zero attached hydrogens (tertiary/aromatic N) is 2. The van der Waals surface area contributed by atoms with Crippen LogP contribution in [0.1, 0.15) is 35.1 Å². The van der Waals surface area contributed by atoms with Gasteiger partial charge in [0.2, 0.25) is 5.91 Å². The third kappa shape index (κ3) is 3.60. The number of nitro benzene ring substituents is 1.